The molecular formula is C10H19N5O2. The van der Waals surface area contributed by atoms with Crippen molar-refractivity contribution in [3.8, 4) is 0 Å². The van der Waals surface area contributed by atoms with E-state index in [9.17, 15) is 4.79 Å². The van der Waals surface area contributed by atoms with E-state index in [1.807, 2.05) is 13.8 Å². The maximum absolute atomic E-state index is 10.5. The summed E-state index contributed by atoms with van der Waals surface area (Å²) in [5, 5.41) is 13.8. The SMILES string of the molecule is CC(C)NCc1nnc(NCCCC(N)=O)o1. The maximum Gasteiger partial charge on any atom is 0.315 e. The Morgan fingerprint density at radius 3 is 2.88 bits per heavy atom. The van der Waals surface area contributed by atoms with Gasteiger partial charge >= 0.3 is 6.01 Å². The molecule has 0 fully saturated rings. The van der Waals surface area contributed by atoms with E-state index >= 15 is 0 Å². The fourth-order valence-electron chi connectivity index (χ4n) is 1.15. The quantitative estimate of drug-likeness (QED) is 0.563. The summed E-state index contributed by atoms with van der Waals surface area (Å²) in [6, 6.07) is 0.740. The maximum atomic E-state index is 10.5. The Morgan fingerprint density at radius 2 is 2.24 bits per heavy atom. The number of anilines is 1. The Kier molecular flexibility index (Phi) is 5.41. The van der Waals surface area contributed by atoms with Crippen molar-refractivity contribution in [2.24, 2.45) is 5.73 Å². The van der Waals surface area contributed by atoms with Gasteiger partial charge in [0.1, 0.15) is 0 Å². The first-order valence-electron chi connectivity index (χ1n) is 5.66. The predicted octanol–water partition coefficient (Wildman–Crippen LogP) is 0.245. The number of nitrogens with two attached hydrogens (primary N) is 1. The van der Waals surface area contributed by atoms with Crippen LogP contribution >= 0.6 is 0 Å². The summed E-state index contributed by atoms with van der Waals surface area (Å²) in [5.74, 6) is 0.232. The molecule has 7 heteroatoms. The number of hydrogen-bond acceptors (Lipinski definition) is 6. The molecule has 1 heterocycles. The van der Waals surface area contributed by atoms with Crippen molar-refractivity contribution in [1.82, 2.24) is 15.5 Å². The van der Waals surface area contributed by atoms with Gasteiger partial charge in [-0.3, -0.25) is 4.79 Å². The highest BCUT2D eigenvalue weighted by atomic mass is 16.4. The molecule has 1 rings (SSSR count). The first-order valence-corrected chi connectivity index (χ1v) is 5.66. The van der Waals surface area contributed by atoms with Crippen LogP contribution in [0.15, 0.2) is 4.42 Å². The topological polar surface area (TPSA) is 106 Å². The van der Waals surface area contributed by atoms with E-state index in [0.717, 1.165) is 0 Å². The molecule has 0 bridgehead atoms. The number of carbonyl (C=O) groups excluding carboxylic acids is 1. The average molecular weight is 241 g/mol. The second-order valence-electron chi connectivity index (χ2n) is 4.03. The number of nitrogens with one attached hydrogen (secondary N) is 2. The first-order chi connectivity index (χ1) is 8.08. The van der Waals surface area contributed by atoms with Gasteiger partial charge in [0.2, 0.25) is 11.8 Å². The molecule has 96 valence electrons. The van der Waals surface area contributed by atoms with Crippen LogP contribution in [0.25, 0.3) is 0 Å². The minimum atomic E-state index is -0.306. The Balaban J connectivity index is 2.23. The second kappa shape index (κ2) is 6.85. The summed E-state index contributed by atoms with van der Waals surface area (Å²) in [4.78, 5) is 10.5. The zero-order valence-electron chi connectivity index (χ0n) is 10.2. The Labute approximate surface area is 100 Å². The van der Waals surface area contributed by atoms with Gasteiger partial charge in [0.25, 0.3) is 0 Å². The van der Waals surface area contributed by atoms with E-state index in [0.29, 0.717) is 43.9 Å². The molecule has 0 aliphatic carbocycles. The molecule has 0 radical (unpaired) electrons. The zero-order chi connectivity index (χ0) is 12.7. The standard InChI is InChI=1S/C10H19N5O2/c1-7(2)13-6-9-14-15-10(17-9)12-5-3-4-8(11)16/h7,13H,3-6H2,1-2H3,(H2,11,16)(H,12,15). The lowest BCUT2D eigenvalue weighted by molar-refractivity contribution is -0.118. The molecule has 17 heavy (non-hydrogen) atoms. The summed E-state index contributed by atoms with van der Waals surface area (Å²) < 4.78 is 5.33. The molecule has 0 saturated carbocycles. The van der Waals surface area contributed by atoms with Gasteiger partial charge in [0, 0.05) is 19.0 Å². The fraction of sp³-hybridized carbons (Fsp3) is 0.700. The monoisotopic (exact) mass is 241 g/mol. The number of aromatic nitrogens is 2. The molecule has 1 aromatic rings. The number of amides is 1. The molecule has 0 aliphatic heterocycles. The van der Waals surface area contributed by atoms with Gasteiger partial charge in [-0.15, -0.1) is 5.10 Å². The second-order valence-corrected chi connectivity index (χ2v) is 4.03. The van der Waals surface area contributed by atoms with E-state index in [4.69, 9.17) is 10.2 Å². The van der Waals surface area contributed by atoms with Gasteiger partial charge in [-0.05, 0) is 6.42 Å². The van der Waals surface area contributed by atoms with Crippen molar-refractivity contribution in [2.45, 2.75) is 39.3 Å². The average Bonchev–Trinajstić information content (AvgIpc) is 2.69. The number of rotatable bonds is 8. The lowest BCUT2D eigenvalue weighted by atomic mass is 10.3. The van der Waals surface area contributed by atoms with E-state index in [1.54, 1.807) is 0 Å². The van der Waals surface area contributed by atoms with Gasteiger partial charge in [-0.1, -0.05) is 18.9 Å². The van der Waals surface area contributed by atoms with Crippen LogP contribution in [0.3, 0.4) is 0 Å². The van der Waals surface area contributed by atoms with Crippen molar-refractivity contribution in [1.29, 1.82) is 0 Å². The predicted molar refractivity (Wildman–Crippen MR) is 63.2 cm³/mol. The zero-order valence-corrected chi connectivity index (χ0v) is 10.2. The highest BCUT2D eigenvalue weighted by Crippen LogP contribution is 2.05. The van der Waals surface area contributed by atoms with Crippen molar-refractivity contribution in [2.75, 3.05) is 11.9 Å². The van der Waals surface area contributed by atoms with Crippen LogP contribution < -0.4 is 16.4 Å². The lowest BCUT2D eigenvalue weighted by Crippen LogP contribution is -2.21. The summed E-state index contributed by atoms with van der Waals surface area (Å²) >= 11 is 0. The fourth-order valence-corrected chi connectivity index (χ4v) is 1.15. The summed E-state index contributed by atoms with van der Waals surface area (Å²) in [6.07, 6.45) is 1.00. The van der Waals surface area contributed by atoms with Crippen LogP contribution in [0.1, 0.15) is 32.6 Å². The normalized spacial score (nSPS) is 10.8. The Hall–Kier alpha value is -1.63. The van der Waals surface area contributed by atoms with Crippen molar-refractivity contribution >= 4 is 11.9 Å². The number of nitrogens with zero attached hydrogens (tertiary/aromatic N) is 2. The molecule has 0 aliphatic rings. The largest absolute Gasteiger partial charge is 0.407 e. The highest BCUT2D eigenvalue weighted by Gasteiger charge is 2.05. The summed E-state index contributed by atoms with van der Waals surface area (Å²) in [6.45, 7) is 5.22. The lowest BCUT2D eigenvalue weighted by Gasteiger charge is -2.03. The van der Waals surface area contributed by atoms with Crippen molar-refractivity contribution in [3.05, 3.63) is 5.89 Å². The summed E-state index contributed by atoms with van der Waals surface area (Å²) in [7, 11) is 0. The molecule has 4 N–H and O–H groups in total. The molecule has 0 aromatic carbocycles. The number of carbonyl (C=O) groups is 1. The molecule has 0 saturated heterocycles. The molecule has 1 amide bonds. The van der Waals surface area contributed by atoms with Gasteiger partial charge in [-0.25, -0.2) is 0 Å². The third-order valence-electron chi connectivity index (χ3n) is 2.00. The van der Waals surface area contributed by atoms with Crippen molar-refractivity contribution < 1.29 is 9.21 Å². The van der Waals surface area contributed by atoms with Gasteiger partial charge < -0.3 is 20.8 Å². The van der Waals surface area contributed by atoms with E-state index < -0.39 is 0 Å². The van der Waals surface area contributed by atoms with E-state index in [2.05, 4.69) is 20.8 Å². The van der Waals surface area contributed by atoms with Crippen LogP contribution in [-0.2, 0) is 11.3 Å². The molecule has 0 spiro atoms. The van der Waals surface area contributed by atoms with E-state index in [1.165, 1.54) is 0 Å². The van der Waals surface area contributed by atoms with Gasteiger partial charge in [-0.2, -0.15) is 0 Å². The first kappa shape index (κ1) is 13.4. The van der Waals surface area contributed by atoms with Crippen LogP contribution in [0.2, 0.25) is 0 Å². The third kappa shape index (κ3) is 5.86. The van der Waals surface area contributed by atoms with E-state index in [-0.39, 0.29) is 5.91 Å². The van der Waals surface area contributed by atoms with Crippen LogP contribution in [0.5, 0.6) is 0 Å². The molecule has 0 unspecified atom stereocenters. The minimum absolute atomic E-state index is 0.306. The molecule has 0 atom stereocenters. The van der Waals surface area contributed by atoms with Crippen molar-refractivity contribution in [3.63, 3.8) is 0 Å². The smallest absolute Gasteiger partial charge is 0.315 e. The minimum Gasteiger partial charge on any atom is -0.407 e. The Bertz CT molecular complexity index is 350. The van der Waals surface area contributed by atoms with Crippen LogP contribution in [-0.4, -0.2) is 28.7 Å². The van der Waals surface area contributed by atoms with Crippen LogP contribution in [0.4, 0.5) is 6.01 Å². The Morgan fingerprint density at radius 1 is 1.47 bits per heavy atom. The summed E-state index contributed by atoms with van der Waals surface area (Å²) in [5.41, 5.74) is 5.02. The van der Waals surface area contributed by atoms with Gasteiger partial charge in [0.05, 0.1) is 6.54 Å². The number of hydrogen-bond donors (Lipinski definition) is 3. The molecular weight excluding hydrogens is 222 g/mol. The van der Waals surface area contributed by atoms with Gasteiger partial charge in [0.15, 0.2) is 0 Å². The highest BCUT2D eigenvalue weighted by molar-refractivity contribution is 5.73. The van der Waals surface area contributed by atoms with Crippen LogP contribution in [0, 0.1) is 0 Å². The number of primary amides is 1. The molecule has 1 aromatic heterocycles. The molecule has 7 nitrogen and oxygen atoms in total. The third-order valence-corrected chi connectivity index (χ3v) is 2.00.